The summed E-state index contributed by atoms with van der Waals surface area (Å²) < 4.78 is 26.8. The molecule has 0 radical (unpaired) electrons. The van der Waals surface area contributed by atoms with Crippen molar-refractivity contribution in [1.29, 1.82) is 0 Å². The van der Waals surface area contributed by atoms with Crippen molar-refractivity contribution in [1.82, 2.24) is 15.5 Å². The molecule has 1 unspecified atom stereocenters. The smallest absolute Gasteiger partial charge is 0.250 e. The summed E-state index contributed by atoms with van der Waals surface area (Å²) in [6.45, 7) is 2.24. The third-order valence-corrected chi connectivity index (χ3v) is 6.28. The Balaban J connectivity index is 1.45. The van der Waals surface area contributed by atoms with Gasteiger partial charge in [-0.2, -0.15) is 0 Å². The van der Waals surface area contributed by atoms with Crippen LogP contribution in [0, 0.1) is 17.6 Å². The van der Waals surface area contributed by atoms with E-state index >= 15 is 0 Å². The van der Waals surface area contributed by atoms with Gasteiger partial charge in [0.2, 0.25) is 17.7 Å². The lowest BCUT2D eigenvalue weighted by Crippen LogP contribution is -2.47. The minimum Gasteiger partial charge on any atom is -0.351 e. The lowest BCUT2D eigenvalue weighted by atomic mass is 9.98. The Kier molecular flexibility index (Phi) is 7.73. The zero-order valence-corrected chi connectivity index (χ0v) is 19.8. The van der Waals surface area contributed by atoms with Crippen molar-refractivity contribution in [2.75, 3.05) is 6.54 Å². The highest BCUT2D eigenvalue weighted by Gasteiger charge is 2.32. The van der Waals surface area contributed by atoms with Crippen LogP contribution in [0.15, 0.2) is 72.8 Å². The van der Waals surface area contributed by atoms with Crippen molar-refractivity contribution < 1.29 is 23.2 Å². The highest BCUT2D eigenvalue weighted by Crippen LogP contribution is 2.23. The van der Waals surface area contributed by atoms with Crippen molar-refractivity contribution in [3.8, 4) is 0 Å². The first-order chi connectivity index (χ1) is 17.3. The molecule has 4 rings (SSSR count). The van der Waals surface area contributed by atoms with Crippen molar-refractivity contribution in [2.24, 2.45) is 5.92 Å². The summed E-state index contributed by atoms with van der Waals surface area (Å²) >= 11 is 0. The van der Waals surface area contributed by atoms with E-state index in [4.69, 9.17) is 0 Å². The van der Waals surface area contributed by atoms with Crippen molar-refractivity contribution in [3.05, 3.63) is 107 Å². The summed E-state index contributed by atoms with van der Waals surface area (Å²) in [6.07, 6.45) is 0.719. The molecule has 3 aromatic carbocycles. The van der Waals surface area contributed by atoms with Crippen LogP contribution in [0.4, 0.5) is 8.78 Å². The number of benzene rings is 3. The van der Waals surface area contributed by atoms with Crippen LogP contribution in [0.3, 0.4) is 0 Å². The van der Waals surface area contributed by atoms with E-state index < -0.39 is 35.4 Å². The maximum Gasteiger partial charge on any atom is 0.250 e. The van der Waals surface area contributed by atoms with Gasteiger partial charge in [-0.1, -0.05) is 54.6 Å². The molecular formula is C28H27F2N3O3. The Hall–Kier alpha value is -4.07. The topological polar surface area (TPSA) is 78.5 Å². The van der Waals surface area contributed by atoms with Gasteiger partial charge in [-0.3, -0.25) is 14.4 Å². The Morgan fingerprint density at radius 2 is 1.53 bits per heavy atom. The van der Waals surface area contributed by atoms with Crippen LogP contribution in [-0.4, -0.2) is 29.2 Å². The van der Waals surface area contributed by atoms with Gasteiger partial charge in [0.25, 0.3) is 0 Å². The first kappa shape index (κ1) is 25.0. The molecule has 1 heterocycles. The number of amides is 3. The fourth-order valence-electron chi connectivity index (χ4n) is 4.24. The van der Waals surface area contributed by atoms with Crippen LogP contribution in [-0.2, 0) is 33.9 Å². The molecule has 0 spiro atoms. The number of hydrogen-bond donors (Lipinski definition) is 2. The van der Waals surface area contributed by atoms with Crippen LogP contribution < -0.4 is 10.6 Å². The quantitative estimate of drug-likeness (QED) is 0.495. The normalized spacial score (nSPS) is 14.4. The Morgan fingerprint density at radius 1 is 0.889 bits per heavy atom. The van der Waals surface area contributed by atoms with E-state index in [0.717, 1.165) is 30.2 Å². The Bertz CT molecular complexity index is 1250. The van der Waals surface area contributed by atoms with Gasteiger partial charge in [-0.15, -0.1) is 0 Å². The molecule has 6 nitrogen and oxygen atoms in total. The fraction of sp³-hybridized carbons (Fsp3) is 0.250. The van der Waals surface area contributed by atoms with Gasteiger partial charge in [0.05, 0.1) is 0 Å². The number of hydrogen-bond acceptors (Lipinski definition) is 3. The largest absolute Gasteiger partial charge is 0.351 e. The molecule has 36 heavy (non-hydrogen) atoms. The molecule has 0 aromatic heterocycles. The zero-order chi connectivity index (χ0) is 25.7. The van der Waals surface area contributed by atoms with Gasteiger partial charge >= 0.3 is 0 Å². The van der Waals surface area contributed by atoms with E-state index in [9.17, 15) is 23.2 Å². The second-order valence-electron chi connectivity index (χ2n) is 8.85. The second-order valence-corrected chi connectivity index (χ2v) is 8.85. The predicted molar refractivity (Wildman–Crippen MR) is 130 cm³/mol. The molecule has 0 fully saturated rings. The predicted octanol–water partition coefficient (Wildman–Crippen LogP) is 3.66. The maximum absolute atomic E-state index is 13.6. The number of carbonyl (C=O) groups excluding carboxylic acids is 3. The van der Waals surface area contributed by atoms with Crippen molar-refractivity contribution in [3.63, 3.8) is 0 Å². The molecule has 0 saturated carbocycles. The third-order valence-electron chi connectivity index (χ3n) is 6.28. The highest BCUT2D eigenvalue weighted by molar-refractivity contribution is 6.01. The summed E-state index contributed by atoms with van der Waals surface area (Å²) in [5.74, 6) is -4.15. The van der Waals surface area contributed by atoms with Crippen molar-refractivity contribution >= 4 is 17.7 Å². The fourth-order valence-corrected chi connectivity index (χ4v) is 4.24. The zero-order valence-electron chi connectivity index (χ0n) is 19.8. The molecule has 1 aliphatic heterocycles. The molecule has 3 aromatic rings. The summed E-state index contributed by atoms with van der Waals surface area (Å²) in [6, 6.07) is 18.8. The molecule has 3 amide bonds. The van der Waals surface area contributed by atoms with Gasteiger partial charge in [0.15, 0.2) is 0 Å². The molecule has 2 atom stereocenters. The van der Waals surface area contributed by atoms with Crippen LogP contribution in [0.25, 0.3) is 0 Å². The molecule has 2 N–H and O–H groups in total. The lowest BCUT2D eigenvalue weighted by molar-refractivity contribution is -0.141. The number of carbonyl (C=O) groups is 3. The lowest BCUT2D eigenvalue weighted by Gasteiger charge is -2.32. The minimum atomic E-state index is -1.13. The standard InChI is InChI=1S/C28H27F2N3O3/c1-18(26(34)31-16-19-13-23(29)15-24(30)14-19)27(35)32-25(21-8-3-2-4-9-21)28(36)33-12-11-20-7-5-6-10-22(20)17-33/h2-10,13-15,18,25H,11-12,16-17H2,1H3,(H,31,34)(H,32,35)/t18?,25-/m0/s1. The van der Waals surface area contributed by atoms with Crippen LogP contribution in [0.1, 0.15) is 35.2 Å². The van der Waals surface area contributed by atoms with Crippen molar-refractivity contribution in [2.45, 2.75) is 32.5 Å². The molecule has 1 aliphatic rings. The van der Waals surface area contributed by atoms with Gasteiger partial charge in [-0.25, -0.2) is 8.78 Å². The average Bonchev–Trinajstić information content (AvgIpc) is 2.89. The average molecular weight is 492 g/mol. The van der Waals surface area contributed by atoms with Gasteiger partial charge in [0, 0.05) is 25.7 Å². The Morgan fingerprint density at radius 3 is 2.22 bits per heavy atom. The molecule has 8 heteroatoms. The van der Waals surface area contributed by atoms with E-state index in [1.165, 1.54) is 12.5 Å². The van der Waals surface area contributed by atoms with E-state index in [-0.39, 0.29) is 18.0 Å². The Labute approximate surface area is 208 Å². The maximum atomic E-state index is 13.6. The summed E-state index contributed by atoms with van der Waals surface area (Å²) in [7, 11) is 0. The van der Waals surface area contributed by atoms with Gasteiger partial charge < -0.3 is 15.5 Å². The second kappa shape index (κ2) is 11.1. The third kappa shape index (κ3) is 5.94. The van der Waals surface area contributed by atoms with E-state index in [2.05, 4.69) is 10.6 Å². The first-order valence-electron chi connectivity index (χ1n) is 11.8. The highest BCUT2D eigenvalue weighted by atomic mass is 19.1. The number of nitrogens with zero attached hydrogens (tertiary/aromatic N) is 1. The molecule has 0 bridgehead atoms. The van der Waals surface area contributed by atoms with E-state index in [0.29, 0.717) is 18.7 Å². The summed E-state index contributed by atoms with van der Waals surface area (Å²) in [5.41, 5.74) is 3.11. The molecule has 0 aliphatic carbocycles. The number of fused-ring (bicyclic) bond motifs is 1. The number of nitrogens with one attached hydrogen (secondary N) is 2. The monoisotopic (exact) mass is 491 g/mol. The van der Waals surface area contributed by atoms with Crippen LogP contribution >= 0.6 is 0 Å². The minimum absolute atomic E-state index is 0.140. The van der Waals surface area contributed by atoms with E-state index in [1.54, 1.807) is 29.2 Å². The summed E-state index contributed by atoms with van der Waals surface area (Å²) in [4.78, 5) is 40.9. The number of halogens is 2. The first-order valence-corrected chi connectivity index (χ1v) is 11.8. The SMILES string of the molecule is CC(C(=O)NCc1cc(F)cc(F)c1)C(=O)N[C@H](C(=O)N1CCc2ccccc2C1)c1ccccc1. The number of rotatable bonds is 7. The van der Waals surface area contributed by atoms with E-state index in [1.807, 2.05) is 30.3 Å². The van der Waals surface area contributed by atoms with Crippen LogP contribution in [0.2, 0.25) is 0 Å². The van der Waals surface area contributed by atoms with Gasteiger partial charge in [0.1, 0.15) is 23.6 Å². The van der Waals surface area contributed by atoms with Gasteiger partial charge in [-0.05, 0) is 47.7 Å². The molecule has 0 saturated heterocycles. The molecule has 186 valence electrons. The van der Waals surface area contributed by atoms with Crippen LogP contribution in [0.5, 0.6) is 0 Å². The summed E-state index contributed by atoms with van der Waals surface area (Å²) in [5, 5.41) is 5.26. The molecular weight excluding hydrogens is 464 g/mol.